The third-order valence-corrected chi connectivity index (χ3v) is 4.80. The van der Waals surface area contributed by atoms with Crippen LogP contribution in [-0.2, 0) is 0 Å². The summed E-state index contributed by atoms with van der Waals surface area (Å²) in [4.78, 5) is 10.1. The van der Waals surface area contributed by atoms with Gasteiger partial charge in [0.1, 0.15) is 0 Å². The Morgan fingerprint density at radius 2 is 1.80 bits per heavy atom. The van der Waals surface area contributed by atoms with Crippen LogP contribution in [0.15, 0.2) is 59.8 Å². The van der Waals surface area contributed by atoms with Crippen LogP contribution in [0.4, 0.5) is 5.69 Å². The number of hydrogen-bond acceptors (Lipinski definition) is 4. The minimum atomic E-state index is -0.451. The van der Waals surface area contributed by atoms with E-state index in [-0.39, 0.29) is 20.6 Å². The molecular weight excluding hydrogens is 323 g/mol. The van der Waals surface area contributed by atoms with Gasteiger partial charge in [-0.2, -0.15) is 0 Å². The first-order valence-electron chi connectivity index (χ1n) is 5.84. The maximum atomic E-state index is 10.6. The number of benzene rings is 2. The molecule has 0 unspecified atom stereocenters. The summed E-state index contributed by atoms with van der Waals surface area (Å²) in [7, 11) is 0. The van der Waals surface area contributed by atoms with Gasteiger partial charge in [-0.05, 0) is 0 Å². The summed E-state index contributed by atoms with van der Waals surface area (Å²) in [6.45, 7) is 0. The molecule has 2 aromatic carbocycles. The van der Waals surface area contributed by atoms with Crippen LogP contribution in [0.3, 0.4) is 0 Å². The van der Waals surface area contributed by atoms with Crippen LogP contribution in [0.1, 0.15) is 5.56 Å². The van der Waals surface area contributed by atoms with E-state index in [2.05, 4.69) is 5.16 Å². The molecule has 0 aliphatic carbocycles. The molecule has 0 heterocycles. The zero-order chi connectivity index (χ0) is 14.4. The molecule has 5 nitrogen and oxygen atoms in total. The zero-order valence-corrected chi connectivity index (χ0v) is 12.2. The molecule has 102 valence electrons. The van der Waals surface area contributed by atoms with Crippen molar-refractivity contribution in [1.82, 2.24) is 0 Å². The van der Waals surface area contributed by atoms with Gasteiger partial charge < -0.3 is 0 Å². The molecule has 0 bridgehead atoms. The van der Waals surface area contributed by atoms with E-state index in [4.69, 9.17) is 5.21 Å². The van der Waals surface area contributed by atoms with Crippen molar-refractivity contribution in [2.75, 3.05) is 0 Å². The van der Waals surface area contributed by atoms with Gasteiger partial charge in [0.15, 0.2) is 0 Å². The van der Waals surface area contributed by atoms with E-state index < -0.39 is 4.92 Å². The predicted octanol–water partition coefficient (Wildman–Crippen LogP) is 2.22. The van der Waals surface area contributed by atoms with Crippen LogP contribution in [-0.4, -0.2) is 30.8 Å². The van der Waals surface area contributed by atoms with Crippen LogP contribution in [0.2, 0.25) is 5.32 Å². The van der Waals surface area contributed by atoms with Crippen molar-refractivity contribution in [3.63, 3.8) is 0 Å². The summed E-state index contributed by atoms with van der Waals surface area (Å²) >= 11 is 0.157. The molecule has 0 aliphatic heterocycles. The van der Waals surface area contributed by atoms with Crippen molar-refractivity contribution in [3.05, 3.63) is 70.3 Å². The first-order valence-corrected chi connectivity index (χ1v) is 7.91. The Morgan fingerprint density at radius 1 is 1.15 bits per heavy atom. The van der Waals surface area contributed by atoms with E-state index in [0.717, 1.165) is 0 Å². The van der Waals surface area contributed by atoms with E-state index in [1.54, 1.807) is 12.1 Å². The predicted molar refractivity (Wildman–Crippen MR) is 78.1 cm³/mol. The van der Waals surface area contributed by atoms with Crippen LogP contribution in [0.5, 0.6) is 0 Å². The molecule has 20 heavy (non-hydrogen) atoms. The Bertz CT molecular complexity index is 612. The average Bonchev–Trinajstić information content (AvgIpc) is 2.49. The summed E-state index contributed by atoms with van der Waals surface area (Å²) in [6.07, 6.45) is 0. The topological polar surface area (TPSA) is 75.7 Å². The summed E-state index contributed by atoms with van der Waals surface area (Å²) in [6, 6.07) is 16.0. The van der Waals surface area contributed by atoms with Gasteiger partial charge in [-0.25, -0.2) is 0 Å². The summed E-state index contributed by atoms with van der Waals surface area (Å²) in [5.74, 6) is 0. The first-order chi connectivity index (χ1) is 9.70. The van der Waals surface area contributed by atoms with Gasteiger partial charge in [0.05, 0.1) is 0 Å². The number of nitrogens with zero attached hydrogens (tertiary/aromatic N) is 2. The maximum absolute atomic E-state index is 10.6. The molecule has 2 rings (SSSR count). The second-order valence-corrected chi connectivity index (χ2v) is 6.15. The zero-order valence-electron chi connectivity index (χ0n) is 10.5. The van der Waals surface area contributed by atoms with Gasteiger partial charge in [-0.3, -0.25) is 0 Å². The Hall–Kier alpha value is -2.17. The molecular formula is C14H12N2O3Se. The molecule has 0 atom stereocenters. The molecule has 0 amide bonds. The number of hydrogen-bond donors (Lipinski definition) is 1. The fourth-order valence-electron chi connectivity index (χ4n) is 1.61. The van der Waals surface area contributed by atoms with E-state index >= 15 is 0 Å². The molecule has 6 heteroatoms. The van der Waals surface area contributed by atoms with Crippen molar-refractivity contribution < 1.29 is 10.1 Å². The monoisotopic (exact) mass is 336 g/mol. The quantitative estimate of drug-likeness (QED) is 0.299. The molecule has 1 N–H and O–H groups in total. The number of non-ortho nitro benzene ring substituents is 1. The van der Waals surface area contributed by atoms with Crippen molar-refractivity contribution in [1.29, 1.82) is 0 Å². The van der Waals surface area contributed by atoms with Crippen molar-refractivity contribution in [2.24, 2.45) is 5.16 Å². The molecule has 0 saturated carbocycles. The van der Waals surface area contributed by atoms with Crippen LogP contribution < -0.4 is 4.46 Å². The molecule has 0 fully saturated rings. The van der Waals surface area contributed by atoms with E-state index in [9.17, 15) is 10.1 Å². The van der Waals surface area contributed by atoms with Crippen molar-refractivity contribution >= 4 is 30.8 Å². The van der Waals surface area contributed by atoms with Crippen molar-refractivity contribution in [2.45, 2.75) is 5.32 Å². The fourth-order valence-corrected chi connectivity index (χ4v) is 3.45. The Morgan fingerprint density at radius 3 is 2.35 bits per heavy atom. The second kappa shape index (κ2) is 6.84. The van der Waals surface area contributed by atoms with Gasteiger partial charge in [-0.1, -0.05) is 0 Å². The molecule has 0 aliphatic rings. The molecule has 0 radical (unpaired) electrons. The van der Waals surface area contributed by atoms with Gasteiger partial charge in [0.2, 0.25) is 0 Å². The molecule has 0 aromatic heterocycles. The molecule has 0 spiro atoms. The minimum absolute atomic E-state index is 0.0274. The Balaban J connectivity index is 2.07. The SMILES string of the molecule is O=[N+]([O-])c1ccc(/C(C[Se]c2ccccc2)=N/O)cc1. The van der Waals surface area contributed by atoms with Crippen molar-refractivity contribution in [3.8, 4) is 0 Å². The van der Waals surface area contributed by atoms with E-state index in [0.29, 0.717) is 16.6 Å². The standard InChI is InChI=1S/C14H12N2O3Se/c17-15-14(10-20-13-4-2-1-3-5-13)11-6-8-12(9-7-11)16(18)19/h1-9,17H,10H2/b15-14+. The fraction of sp³-hybridized carbons (Fsp3) is 0.0714. The molecule has 0 saturated heterocycles. The number of nitro groups is 1. The van der Waals surface area contributed by atoms with Gasteiger partial charge in [0.25, 0.3) is 0 Å². The number of rotatable bonds is 5. The van der Waals surface area contributed by atoms with E-state index in [1.807, 2.05) is 30.3 Å². The van der Waals surface area contributed by atoms with E-state index in [1.165, 1.54) is 16.6 Å². The Kier molecular flexibility index (Phi) is 4.87. The van der Waals surface area contributed by atoms with Crippen LogP contribution >= 0.6 is 0 Å². The normalized spacial score (nSPS) is 11.3. The summed E-state index contributed by atoms with van der Waals surface area (Å²) in [5.41, 5.74) is 1.28. The average molecular weight is 335 g/mol. The number of nitro benzene ring substituents is 1. The molecule has 2 aromatic rings. The van der Waals surface area contributed by atoms with Gasteiger partial charge >= 0.3 is 122 Å². The first kappa shape index (κ1) is 14.2. The third kappa shape index (κ3) is 3.66. The third-order valence-electron chi connectivity index (χ3n) is 2.65. The number of oxime groups is 1. The van der Waals surface area contributed by atoms with Gasteiger partial charge in [-0.15, -0.1) is 0 Å². The van der Waals surface area contributed by atoms with Gasteiger partial charge in [0, 0.05) is 0 Å². The summed E-state index contributed by atoms with van der Waals surface area (Å²) in [5, 5.41) is 23.6. The second-order valence-electron chi connectivity index (χ2n) is 3.95. The van der Waals surface area contributed by atoms with Crippen LogP contribution in [0, 0.1) is 10.1 Å². The summed E-state index contributed by atoms with van der Waals surface area (Å²) < 4.78 is 1.21. The Labute approximate surface area is 122 Å². The van der Waals surface area contributed by atoms with Crippen LogP contribution in [0.25, 0.3) is 0 Å².